The molecule has 0 spiro atoms. The average molecular weight is 414 g/mol. The fraction of sp³-hybridized carbons (Fsp3) is 0.391. The summed E-state index contributed by atoms with van der Waals surface area (Å²) in [5.74, 6) is 2.32. The summed E-state index contributed by atoms with van der Waals surface area (Å²) < 4.78 is 22.3. The van der Waals surface area contributed by atoms with Crippen molar-refractivity contribution in [1.82, 2.24) is 14.8 Å². The Morgan fingerprint density at radius 2 is 1.66 bits per heavy atom. The number of halogens is 1. The molecule has 0 radical (unpaired) electrons. The summed E-state index contributed by atoms with van der Waals surface area (Å²) in [5, 5.41) is 9.56. The molecule has 154 valence electrons. The third-order valence-electron chi connectivity index (χ3n) is 4.73. The number of para-hydroxylation sites is 1. The molecule has 3 rings (SSSR count). The monoisotopic (exact) mass is 413 g/mol. The van der Waals surface area contributed by atoms with Gasteiger partial charge in [-0.25, -0.2) is 4.39 Å². The first-order valence-electron chi connectivity index (χ1n) is 9.95. The van der Waals surface area contributed by atoms with Crippen LogP contribution >= 0.6 is 11.8 Å². The summed E-state index contributed by atoms with van der Waals surface area (Å²) in [6.45, 7) is 10.5. The molecule has 1 aromatic heterocycles. The topological polar surface area (TPSA) is 39.9 Å². The third-order valence-corrected chi connectivity index (χ3v) is 5.72. The quantitative estimate of drug-likeness (QED) is 0.392. The average Bonchev–Trinajstić information content (AvgIpc) is 3.12. The Morgan fingerprint density at radius 1 is 0.966 bits per heavy atom. The lowest BCUT2D eigenvalue weighted by molar-refractivity contribution is 0.204. The molecule has 1 atom stereocenters. The number of aromatic nitrogens is 3. The van der Waals surface area contributed by atoms with Crippen LogP contribution in [0.5, 0.6) is 5.75 Å². The minimum absolute atomic E-state index is 0.162. The van der Waals surface area contributed by atoms with E-state index in [1.807, 2.05) is 31.2 Å². The number of ether oxygens (including phenoxy) is 1. The lowest BCUT2D eigenvalue weighted by Gasteiger charge is -2.21. The number of hydrogen-bond donors (Lipinski definition) is 0. The van der Waals surface area contributed by atoms with Gasteiger partial charge in [0, 0.05) is 11.8 Å². The van der Waals surface area contributed by atoms with Gasteiger partial charge in [-0.05, 0) is 49.9 Å². The predicted molar refractivity (Wildman–Crippen MR) is 116 cm³/mol. The number of hydrogen-bond acceptors (Lipinski definition) is 4. The lowest BCUT2D eigenvalue weighted by atomic mass is 10.0. The van der Waals surface area contributed by atoms with Crippen molar-refractivity contribution in [3.05, 3.63) is 71.3 Å². The smallest absolute Gasteiger partial charge is 0.191 e. The van der Waals surface area contributed by atoms with Crippen LogP contribution in [0.15, 0.2) is 53.7 Å². The van der Waals surface area contributed by atoms with Crippen LogP contribution in [-0.2, 0) is 5.75 Å². The van der Waals surface area contributed by atoms with Crippen molar-refractivity contribution in [2.24, 2.45) is 0 Å². The van der Waals surface area contributed by atoms with E-state index in [-0.39, 0.29) is 18.0 Å². The molecule has 0 fully saturated rings. The van der Waals surface area contributed by atoms with E-state index in [1.165, 1.54) is 23.4 Å². The number of nitrogens with zero attached hydrogens (tertiary/aromatic N) is 3. The van der Waals surface area contributed by atoms with E-state index in [1.54, 1.807) is 12.1 Å². The van der Waals surface area contributed by atoms with E-state index in [0.29, 0.717) is 17.2 Å². The van der Waals surface area contributed by atoms with Gasteiger partial charge < -0.3 is 9.30 Å². The highest BCUT2D eigenvalue weighted by Crippen LogP contribution is 2.32. The van der Waals surface area contributed by atoms with Crippen molar-refractivity contribution in [3.8, 4) is 5.75 Å². The van der Waals surface area contributed by atoms with Crippen LogP contribution in [0.25, 0.3) is 0 Å². The molecular weight excluding hydrogens is 385 g/mol. The molecule has 29 heavy (non-hydrogen) atoms. The zero-order chi connectivity index (χ0) is 21.0. The Hall–Kier alpha value is -2.34. The molecule has 2 aromatic carbocycles. The second kappa shape index (κ2) is 9.44. The van der Waals surface area contributed by atoms with Gasteiger partial charge in [-0.3, -0.25) is 0 Å². The van der Waals surface area contributed by atoms with Crippen molar-refractivity contribution in [1.29, 1.82) is 0 Å². The maximum absolute atomic E-state index is 14.0. The van der Waals surface area contributed by atoms with Crippen LogP contribution in [-0.4, -0.2) is 14.8 Å². The Kier molecular flexibility index (Phi) is 6.96. The second-order valence-corrected chi connectivity index (χ2v) is 8.58. The highest BCUT2D eigenvalue weighted by Gasteiger charge is 2.22. The maximum Gasteiger partial charge on any atom is 0.191 e. The lowest BCUT2D eigenvalue weighted by Crippen LogP contribution is -2.15. The van der Waals surface area contributed by atoms with Gasteiger partial charge in [0.2, 0.25) is 0 Å². The summed E-state index contributed by atoms with van der Waals surface area (Å²) in [6, 6.07) is 15.1. The molecule has 0 aliphatic rings. The van der Waals surface area contributed by atoms with Gasteiger partial charge in [-0.1, -0.05) is 62.0 Å². The molecule has 4 nitrogen and oxygen atoms in total. The summed E-state index contributed by atoms with van der Waals surface area (Å²) in [5.41, 5.74) is 1.83. The van der Waals surface area contributed by atoms with Crippen LogP contribution in [0.1, 0.15) is 69.6 Å². The number of rotatable bonds is 8. The van der Waals surface area contributed by atoms with Crippen molar-refractivity contribution in [3.63, 3.8) is 0 Å². The molecule has 0 aliphatic heterocycles. The first-order valence-corrected chi connectivity index (χ1v) is 10.9. The van der Waals surface area contributed by atoms with Crippen molar-refractivity contribution >= 4 is 11.8 Å². The standard InChI is InChI=1S/C23H28FN3OS/c1-15(2)19-11-7-9-13-21(19)28-17(5)22-25-26-23(27(22)16(3)4)29-14-18-10-6-8-12-20(18)24/h6-13,15-17H,14H2,1-5H3. The fourth-order valence-electron chi connectivity index (χ4n) is 3.22. The van der Waals surface area contributed by atoms with Gasteiger partial charge in [0.05, 0.1) is 0 Å². The number of thioether (sulfide) groups is 1. The van der Waals surface area contributed by atoms with Crippen LogP contribution in [0.2, 0.25) is 0 Å². The number of benzene rings is 2. The molecule has 0 amide bonds. The molecular formula is C23H28FN3OS. The van der Waals surface area contributed by atoms with Gasteiger partial charge in [-0.2, -0.15) is 0 Å². The first-order chi connectivity index (χ1) is 13.9. The summed E-state index contributed by atoms with van der Waals surface area (Å²) in [6.07, 6.45) is -0.257. The van der Waals surface area contributed by atoms with Crippen molar-refractivity contribution < 1.29 is 9.13 Å². The predicted octanol–water partition coefficient (Wildman–Crippen LogP) is 6.55. The maximum atomic E-state index is 14.0. The Labute approximate surface area is 176 Å². The van der Waals surface area contributed by atoms with Gasteiger partial charge in [0.1, 0.15) is 11.6 Å². The Balaban J connectivity index is 1.82. The van der Waals surface area contributed by atoms with E-state index < -0.39 is 0 Å². The Morgan fingerprint density at radius 3 is 2.34 bits per heavy atom. The van der Waals surface area contributed by atoms with Crippen LogP contribution in [0.3, 0.4) is 0 Å². The van der Waals surface area contributed by atoms with E-state index >= 15 is 0 Å². The third kappa shape index (κ3) is 4.99. The van der Waals surface area contributed by atoms with E-state index in [2.05, 4.69) is 48.5 Å². The van der Waals surface area contributed by atoms with E-state index in [0.717, 1.165) is 16.7 Å². The second-order valence-electron chi connectivity index (χ2n) is 7.64. The van der Waals surface area contributed by atoms with Crippen LogP contribution in [0.4, 0.5) is 4.39 Å². The van der Waals surface area contributed by atoms with E-state index in [4.69, 9.17) is 4.74 Å². The molecule has 0 bridgehead atoms. The van der Waals surface area contributed by atoms with Gasteiger partial charge in [0.25, 0.3) is 0 Å². The van der Waals surface area contributed by atoms with Gasteiger partial charge in [-0.15, -0.1) is 10.2 Å². The minimum Gasteiger partial charge on any atom is -0.482 e. The van der Waals surface area contributed by atoms with Crippen molar-refractivity contribution in [2.45, 2.75) is 63.6 Å². The highest BCUT2D eigenvalue weighted by atomic mass is 32.2. The normalized spacial score (nSPS) is 12.6. The van der Waals surface area contributed by atoms with Crippen LogP contribution < -0.4 is 4.74 Å². The SMILES string of the molecule is CC(C)c1ccccc1OC(C)c1nnc(SCc2ccccc2F)n1C(C)C. The first kappa shape index (κ1) is 21.4. The van der Waals surface area contributed by atoms with Crippen molar-refractivity contribution in [2.75, 3.05) is 0 Å². The van der Waals surface area contributed by atoms with Gasteiger partial charge in [0.15, 0.2) is 17.1 Å². The van der Waals surface area contributed by atoms with E-state index in [9.17, 15) is 4.39 Å². The summed E-state index contributed by atoms with van der Waals surface area (Å²) >= 11 is 1.49. The molecule has 1 heterocycles. The van der Waals surface area contributed by atoms with Gasteiger partial charge >= 0.3 is 0 Å². The molecule has 0 aliphatic carbocycles. The fourth-order valence-corrected chi connectivity index (χ4v) is 4.28. The Bertz CT molecular complexity index is 955. The molecule has 0 saturated heterocycles. The molecule has 1 unspecified atom stereocenters. The molecule has 0 saturated carbocycles. The summed E-state index contributed by atoms with van der Waals surface area (Å²) in [4.78, 5) is 0. The van der Waals surface area contributed by atoms with Crippen LogP contribution in [0, 0.1) is 5.82 Å². The molecule has 3 aromatic rings. The zero-order valence-electron chi connectivity index (χ0n) is 17.6. The summed E-state index contributed by atoms with van der Waals surface area (Å²) in [7, 11) is 0. The molecule has 6 heteroatoms. The largest absolute Gasteiger partial charge is 0.482 e. The molecule has 0 N–H and O–H groups in total. The zero-order valence-corrected chi connectivity index (χ0v) is 18.4. The highest BCUT2D eigenvalue weighted by molar-refractivity contribution is 7.98. The minimum atomic E-state index is -0.257.